The molecule has 6 nitrogen and oxygen atoms in total. The fourth-order valence-electron chi connectivity index (χ4n) is 4.43. The number of fused-ring (bicyclic) bond motifs is 2. The van der Waals surface area contributed by atoms with E-state index >= 15 is 0 Å². The van der Waals surface area contributed by atoms with E-state index in [1.54, 1.807) is 6.20 Å². The maximum absolute atomic E-state index is 13.6. The van der Waals surface area contributed by atoms with Crippen LogP contribution in [0.2, 0.25) is 0 Å². The first kappa shape index (κ1) is 16.4. The second-order valence-electron chi connectivity index (χ2n) is 7.71. The van der Waals surface area contributed by atoms with Crippen molar-refractivity contribution < 1.29 is 4.79 Å². The number of aromatic amines is 1. The second kappa shape index (κ2) is 6.16. The number of H-pyrrole nitrogens is 1. The summed E-state index contributed by atoms with van der Waals surface area (Å²) in [5.41, 5.74) is 3.32. The molecular weight excluding hydrogens is 338 g/mol. The number of hydrogen-bond acceptors (Lipinski definition) is 4. The van der Waals surface area contributed by atoms with Crippen LogP contribution in [0.4, 0.5) is 5.82 Å². The van der Waals surface area contributed by atoms with Crippen molar-refractivity contribution in [1.82, 2.24) is 20.1 Å². The maximum Gasteiger partial charge on any atom is 0.260 e. The number of pyridine rings is 1. The van der Waals surface area contributed by atoms with Crippen LogP contribution in [0.15, 0.2) is 36.5 Å². The number of hydrogen-bond donors (Lipinski definition) is 1. The Hall–Kier alpha value is -2.73. The molecule has 3 aromatic rings. The van der Waals surface area contributed by atoms with Crippen molar-refractivity contribution in [3.63, 3.8) is 0 Å². The lowest BCUT2D eigenvalue weighted by Gasteiger charge is -2.39. The van der Waals surface area contributed by atoms with Crippen molar-refractivity contribution in [2.45, 2.75) is 38.8 Å². The molecule has 138 valence electrons. The van der Waals surface area contributed by atoms with Crippen LogP contribution in [0.3, 0.4) is 0 Å². The first-order valence-electron chi connectivity index (χ1n) is 9.65. The Morgan fingerprint density at radius 3 is 2.59 bits per heavy atom. The quantitative estimate of drug-likeness (QED) is 0.759. The summed E-state index contributed by atoms with van der Waals surface area (Å²) in [6, 6.07) is 10.4. The molecule has 2 aliphatic heterocycles. The fourth-order valence-corrected chi connectivity index (χ4v) is 4.43. The molecule has 6 heteroatoms. The number of piperidine rings is 1. The lowest BCUT2D eigenvalue weighted by Crippen LogP contribution is -2.49. The number of likely N-dealkylation sites (tertiary alicyclic amines) is 1. The average molecular weight is 361 g/mol. The van der Waals surface area contributed by atoms with Gasteiger partial charge in [0.15, 0.2) is 0 Å². The van der Waals surface area contributed by atoms with E-state index < -0.39 is 0 Å². The zero-order chi connectivity index (χ0) is 18.5. The van der Waals surface area contributed by atoms with Crippen LogP contribution in [0.5, 0.6) is 0 Å². The summed E-state index contributed by atoms with van der Waals surface area (Å²) in [6.45, 7) is 6.46. The Kier molecular flexibility index (Phi) is 3.75. The molecule has 5 rings (SSSR count). The van der Waals surface area contributed by atoms with E-state index in [0.29, 0.717) is 11.6 Å². The molecule has 0 bridgehead atoms. The molecule has 1 saturated heterocycles. The predicted octanol–water partition coefficient (Wildman–Crippen LogP) is 3.46. The van der Waals surface area contributed by atoms with Crippen LogP contribution in [0.25, 0.3) is 22.2 Å². The Bertz CT molecular complexity index is 1020. The monoisotopic (exact) mass is 361 g/mol. The lowest BCUT2D eigenvalue weighted by molar-refractivity contribution is 0.0953. The molecule has 2 aliphatic rings. The summed E-state index contributed by atoms with van der Waals surface area (Å²) >= 11 is 0. The topological polar surface area (TPSA) is 65.1 Å². The molecule has 0 atom stereocenters. The molecule has 0 radical (unpaired) electrons. The van der Waals surface area contributed by atoms with Gasteiger partial charge in [-0.2, -0.15) is 5.10 Å². The minimum Gasteiger partial charge on any atom is -0.301 e. The van der Waals surface area contributed by atoms with E-state index in [0.717, 1.165) is 53.9 Å². The van der Waals surface area contributed by atoms with Crippen molar-refractivity contribution in [2.24, 2.45) is 0 Å². The van der Waals surface area contributed by atoms with E-state index in [4.69, 9.17) is 0 Å². The van der Waals surface area contributed by atoms with Gasteiger partial charge in [0.1, 0.15) is 11.5 Å². The third-order valence-electron chi connectivity index (χ3n) is 5.91. The number of rotatable bonds is 2. The molecule has 0 saturated carbocycles. The van der Waals surface area contributed by atoms with Crippen LogP contribution in [-0.2, 0) is 0 Å². The number of carbonyl (C=O) groups excluding carboxylic acids is 1. The van der Waals surface area contributed by atoms with Gasteiger partial charge in [0.2, 0.25) is 0 Å². The zero-order valence-electron chi connectivity index (χ0n) is 15.6. The minimum absolute atomic E-state index is 0.0339. The minimum atomic E-state index is 0.0339. The molecule has 27 heavy (non-hydrogen) atoms. The van der Waals surface area contributed by atoms with Crippen molar-refractivity contribution in [3.05, 3.63) is 42.1 Å². The Morgan fingerprint density at radius 1 is 1.11 bits per heavy atom. The maximum atomic E-state index is 13.6. The number of benzene rings is 1. The second-order valence-corrected chi connectivity index (χ2v) is 7.71. The highest BCUT2D eigenvalue weighted by Gasteiger charge is 2.36. The normalized spacial score (nSPS) is 18.2. The van der Waals surface area contributed by atoms with Gasteiger partial charge in [0.05, 0.1) is 10.9 Å². The van der Waals surface area contributed by atoms with Crippen LogP contribution in [0.1, 0.15) is 37.0 Å². The highest BCUT2D eigenvalue weighted by Crippen LogP contribution is 2.40. The van der Waals surface area contributed by atoms with E-state index in [9.17, 15) is 4.79 Å². The predicted molar refractivity (Wildman–Crippen MR) is 106 cm³/mol. The molecule has 0 unspecified atom stereocenters. The Morgan fingerprint density at radius 2 is 1.85 bits per heavy atom. The first-order valence-corrected chi connectivity index (χ1v) is 9.65. The van der Waals surface area contributed by atoms with E-state index in [1.165, 1.54) is 0 Å². The van der Waals surface area contributed by atoms with Gasteiger partial charge < -0.3 is 4.90 Å². The van der Waals surface area contributed by atoms with E-state index in [2.05, 4.69) is 33.9 Å². The summed E-state index contributed by atoms with van der Waals surface area (Å²) < 4.78 is 0. The largest absolute Gasteiger partial charge is 0.301 e. The molecule has 1 N–H and O–H groups in total. The SMILES string of the molecule is CC(C)N1CCC(N2C(=O)c3ccccc3-c3n[nH]c4ccnc2c34)CC1. The third kappa shape index (κ3) is 2.47. The number of anilines is 1. The van der Waals surface area contributed by atoms with Gasteiger partial charge >= 0.3 is 0 Å². The highest BCUT2D eigenvalue weighted by atomic mass is 16.2. The van der Waals surface area contributed by atoms with E-state index in [-0.39, 0.29) is 11.9 Å². The van der Waals surface area contributed by atoms with Gasteiger partial charge in [0, 0.05) is 42.5 Å². The smallest absolute Gasteiger partial charge is 0.260 e. The molecule has 1 amide bonds. The van der Waals surface area contributed by atoms with Gasteiger partial charge in [-0.05, 0) is 38.8 Å². The zero-order valence-corrected chi connectivity index (χ0v) is 15.6. The van der Waals surface area contributed by atoms with Crippen molar-refractivity contribution in [1.29, 1.82) is 0 Å². The summed E-state index contributed by atoms with van der Waals surface area (Å²) in [5.74, 6) is 0.770. The van der Waals surface area contributed by atoms with Gasteiger partial charge in [-0.25, -0.2) is 4.98 Å². The van der Waals surface area contributed by atoms with Gasteiger partial charge in [0.25, 0.3) is 5.91 Å². The van der Waals surface area contributed by atoms with Crippen molar-refractivity contribution >= 4 is 22.6 Å². The molecule has 2 aromatic heterocycles. The fraction of sp³-hybridized carbons (Fsp3) is 0.381. The molecule has 1 fully saturated rings. The third-order valence-corrected chi connectivity index (χ3v) is 5.91. The number of amides is 1. The average Bonchev–Trinajstić information content (AvgIpc) is 3.09. The van der Waals surface area contributed by atoms with Gasteiger partial charge in [-0.15, -0.1) is 0 Å². The summed E-state index contributed by atoms with van der Waals surface area (Å²) in [7, 11) is 0. The number of nitrogens with zero attached hydrogens (tertiary/aromatic N) is 4. The van der Waals surface area contributed by atoms with Crippen LogP contribution >= 0.6 is 0 Å². The van der Waals surface area contributed by atoms with E-state index in [1.807, 2.05) is 35.2 Å². The van der Waals surface area contributed by atoms with Gasteiger partial charge in [-0.1, -0.05) is 18.2 Å². The molecule has 4 heterocycles. The summed E-state index contributed by atoms with van der Waals surface area (Å²) in [4.78, 5) is 22.6. The summed E-state index contributed by atoms with van der Waals surface area (Å²) in [5, 5.41) is 8.58. The number of aromatic nitrogens is 3. The molecule has 0 spiro atoms. The number of carbonyl (C=O) groups is 1. The lowest BCUT2D eigenvalue weighted by atomic mass is 10.00. The molecule has 1 aromatic carbocycles. The molecular formula is C21H23N5O. The highest BCUT2D eigenvalue weighted by molar-refractivity contribution is 6.18. The van der Waals surface area contributed by atoms with Crippen molar-refractivity contribution in [3.8, 4) is 11.3 Å². The van der Waals surface area contributed by atoms with Crippen LogP contribution < -0.4 is 4.90 Å². The summed E-state index contributed by atoms with van der Waals surface area (Å²) in [6.07, 6.45) is 3.67. The van der Waals surface area contributed by atoms with Crippen LogP contribution in [-0.4, -0.2) is 51.2 Å². The Balaban J connectivity index is 1.66. The molecule has 0 aliphatic carbocycles. The number of nitrogens with one attached hydrogen (secondary N) is 1. The van der Waals surface area contributed by atoms with Gasteiger partial charge in [-0.3, -0.25) is 14.8 Å². The standard InChI is InChI=1S/C21H23N5O/c1-13(2)25-11-8-14(9-12-25)26-20-18-17(7-10-22-20)23-24-19(18)15-5-3-4-6-16(15)21(26)27/h3-7,10,13-14H,8-9,11-12H2,1-2H3,(H,23,24). The Labute approximate surface area is 158 Å². The van der Waals surface area contributed by atoms with Crippen molar-refractivity contribution in [2.75, 3.05) is 18.0 Å². The van der Waals surface area contributed by atoms with Crippen LogP contribution in [0, 0.1) is 0 Å². The first-order chi connectivity index (χ1) is 13.1.